The molecule has 1 fully saturated rings. The predicted molar refractivity (Wildman–Crippen MR) is 65.1 cm³/mol. The Balaban J connectivity index is 1.95. The number of aromatic nitrogens is 2. The fourth-order valence-corrected chi connectivity index (χ4v) is 2.03. The van der Waals surface area contributed by atoms with Gasteiger partial charge in [0.1, 0.15) is 19.3 Å². The molecule has 0 spiro atoms. The van der Waals surface area contributed by atoms with Gasteiger partial charge in [0.2, 0.25) is 5.89 Å². The summed E-state index contributed by atoms with van der Waals surface area (Å²) < 4.78 is 15.4. The van der Waals surface area contributed by atoms with E-state index in [1.165, 1.54) is 0 Å². The van der Waals surface area contributed by atoms with Crippen LogP contribution in [0.25, 0.3) is 0 Å². The van der Waals surface area contributed by atoms with E-state index in [9.17, 15) is 4.79 Å². The van der Waals surface area contributed by atoms with E-state index in [1.54, 1.807) is 12.0 Å². The van der Waals surface area contributed by atoms with Gasteiger partial charge in [-0.1, -0.05) is 5.16 Å². The van der Waals surface area contributed by atoms with Gasteiger partial charge in [0, 0.05) is 20.3 Å². The molecule has 1 aromatic heterocycles. The number of rotatable bonds is 6. The number of ether oxygens (including phenoxy) is 2. The average molecular weight is 269 g/mol. The van der Waals surface area contributed by atoms with Crippen molar-refractivity contribution in [3.8, 4) is 0 Å². The lowest BCUT2D eigenvalue weighted by atomic mass is 10.2. The summed E-state index contributed by atoms with van der Waals surface area (Å²) in [6, 6.07) is 0. The quantitative estimate of drug-likeness (QED) is 0.758. The van der Waals surface area contributed by atoms with Gasteiger partial charge < -0.3 is 18.9 Å². The van der Waals surface area contributed by atoms with Crippen LogP contribution >= 0.6 is 0 Å². The molecule has 1 saturated heterocycles. The highest BCUT2D eigenvalue weighted by Gasteiger charge is 2.28. The van der Waals surface area contributed by atoms with E-state index in [0.717, 1.165) is 12.8 Å². The zero-order chi connectivity index (χ0) is 13.7. The molecular weight excluding hydrogens is 250 g/mol. The summed E-state index contributed by atoms with van der Waals surface area (Å²) in [6.45, 7) is 3.77. The maximum Gasteiger partial charge on any atom is 0.252 e. The number of likely N-dealkylation sites (N-methyl/N-ethyl adjacent to an activating group) is 1. The number of carbonyl (C=O) groups excluding carboxylic acids is 1. The van der Waals surface area contributed by atoms with Gasteiger partial charge in [0.25, 0.3) is 5.91 Å². The van der Waals surface area contributed by atoms with Crippen LogP contribution in [0.15, 0.2) is 4.52 Å². The summed E-state index contributed by atoms with van der Waals surface area (Å²) in [5, 5.41) is 3.77. The Labute approximate surface area is 111 Å². The first kappa shape index (κ1) is 14.0. The molecule has 1 atom stereocenters. The van der Waals surface area contributed by atoms with Crippen molar-refractivity contribution in [2.75, 3.05) is 20.3 Å². The van der Waals surface area contributed by atoms with Crippen LogP contribution in [0.4, 0.5) is 0 Å². The second-order valence-corrected chi connectivity index (χ2v) is 4.39. The summed E-state index contributed by atoms with van der Waals surface area (Å²) in [5.74, 6) is 0.893. The molecule has 1 aromatic rings. The van der Waals surface area contributed by atoms with Gasteiger partial charge in [-0.25, -0.2) is 0 Å². The molecule has 0 bridgehead atoms. The number of amides is 1. The summed E-state index contributed by atoms with van der Waals surface area (Å²) >= 11 is 0. The topological polar surface area (TPSA) is 77.7 Å². The van der Waals surface area contributed by atoms with Gasteiger partial charge in [0.05, 0.1) is 0 Å². The van der Waals surface area contributed by atoms with Crippen molar-refractivity contribution >= 4 is 5.91 Å². The van der Waals surface area contributed by atoms with Crippen LogP contribution in [0.1, 0.15) is 31.5 Å². The number of carbonyl (C=O) groups is 1. The third kappa shape index (κ3) is 3.51. The first-order valence-corrected chi connectivity index (χ1v) is 6.45. The highest BCUT2D eigenvalue weighted by Crippen LogP contribution is 2.16. The normalized spacial score (nSPS) is 18.7. The smallest absolute Gasteiger partial charge is 0.252 e. The van der Waals surface area contributed by atoms with Crippen molar-refractivity contribution in [1.82, 2.24) is 15.0 Å². The lowest BCUT2D eigenvalue weighted by molar-refractivity contribution is -0.141. The van der Waals surface area contributed by atoms with E-state index in [2.05, 4.69) is 10.1 Å². The van der Waals surface area contributed by atoms with E-state index < -0.39 is 0 Å². The van der Waals surface area contributed by atoms with Crippen molar-refractivity contribution < 1.29 is 18.8 Å². The molecule has 1 amide bonds. The van der Waals surface area contributed by atoms with Crippen molar-refractivity contribution in [2.45, 2.75) is 39.0 Å². The molecule has 0 aromatic carbocycles. The summed E-state index contributed by atoms with van der Waals surface area (Å²) in [4.78, 5) is 18.0. The zero-order valence-corrected chi connectivity index (χ0v) is 11.3. The zero-order valence-electron chi connectivity index (χ0n) is 11.3. The lowest BCUT2D eigenvalue weighted by Crippen LogP contribution is -2.38. The van der Waals surface area contributed by atoms with E-state index in [0.29, 0.717) is 38.0 Å². The number of hydrogen-bond acceptors (Lipinski definition) is 6. The molecule has 0 aliphatic carbocycles. The molecular formula is C12H19N3O4. The molecule has 0 radical (unpaired) electrons. The summed E-state index contributed by atoms with van der Waals surface area (Å²) in [7, 11) is 1.56. The van der Waals surface area contributed by atoms with Crippen LogP contribution in [0.2, 0.25) is 0 Å². The van der Waals surface area contributed by atoms with Crippen LogP contribution in [-0.2, 0) is 27.4 Å². The highest BCUT2D eigenvalue weighted by molar-refractivity contribution is 5.81. The van der Waals surface area contributed by atoms with Crippen LogP contribution in [0, 0.1) is 0 Å². The summed E-state index contributed by atoms with van der Waals surface area (Å²) in [6.07, 6.45) is 1.40. The highest BCUT2D eigenvalue weighted by atomic mass is 16.5. The third-order valence-corrected chi connectivity index (χ3v) is 3.01. The lowest BCUT2D eigenvalue weighted by Gasteiger charge is -2.21. The molecule has 0 saturated carbocycles. The Bertz CT molecular complexity index is 415. The second-order valence-electron chi connectivity index (χ2n) is 4.39. The SMILES string of the molecule is CCN(Cc1nc(COC)no1)C(=O)[C@@H]1CCCO1. The molecule has 19 heavy (non-hydrogen) atoms. The van der Waals surface area contributed by atoms with Crippen LogP contribution < -0.4 is 0 Å². The second kappa shape index (κ2) is 6.63. The van der Waals surface area contributed by atoms with Crippen LogP contribution in [0.3, 0.4) is 0 Å². The van der Waals surface area contributed by atoms with E-state index >= 15 is 0 Å². The maximum absolute atomic E-state index is 12.2. The molecule has 7 nitrogen and oxygen atoms in total. The number of methoxy groups -OCH3 is 1. The largest absolute Gasteiger partial charge is 0.377 e. The molecule has 0 unspecified atom stereocenters. The van der Waals surface area contributed by atoms with E-state index in [1.807, 2.05) is 6.92 Å². The van der Waals surface area contributed by atoms with Crippen molar-refractivity contribution in [3.05, 3.63) is 11.7 Å². The number of hydrogen-bond donors (Lipinski definition) is 0. The molecule has 7 heteroatoms. The minimum Gasteiger partial charge on any atom is -0.377 e. The fraction of sp³-hybridized carbons (Fsp3) is 0.750. The first-order chi connectivity index (χ1) is 9.24. The predicted octanol–water partition coefficient (Wildman–Crippen LogP) is 0.743. The molecule has 0 N–H and O–H groups in total. The average Bonchev–Trinajstić information content (AvgIpc) is 3.07. The minimum atomic E-state index is -0.318. The van der Waals surface area contributed by atoms with Gasteiger partial charge in [-0.3, -0.25) is 4.79 Å². The first-order valence-electron chi connectivity index (χ1n) is 6.45. The Morgan fingerprint density at radius 1 is 1.58 bits per heavy atom. The summed E-state index contributed by atoms with van der Waals surface area (Å²) in [5.41, 5.74) is 0. The Morgan fingerprint density at radius 2 is 2.42 bits per heavy atom. The third-order valence-electron chi connectivity index (χ3n) is 3.01. The Morgan fingerprint density at radius 3 is 3.05 bits per heavy atom. The molecule has 1 aliphatic heterocycles. The Kier molecular flexibility index (Phi) is 4.86. The van der Waals surface area contributed by atoms with Gasteiger partial charge in [-0.15, -0.1) is 0 Å². The monoisotopic (exact) mass is 269 g/mol. The van der Waals surface area contributed by atoms with Gasteiger partial charge in [-0.2, -0.15) is 4.98 Å². The van der Waals surface area contributed by atoms with Crippen molar-refractivity contribution in [3.63, 3.8) is 0 Å². The number of nitrogens with zero attached hydrogens (tertiary/aromatic N) is 3. The molecule has 1 aliphatic rings. The molecule has 2 rings (SSSR count). The van der Waals surface area contributed by atoms with Gasteiger partial charge in [-0.05, 0) is 19.8 Å². The van der Waals surface area contributed by atoms with Crippen molar-refractivity contribution in [1.29, 1.82) is 0 Å². The Hall–Kier alpha value is -1.47. The van der Waals surface area contributed by atoms with Gasteiger partial charge >= 0.3 is 0 Å². The van der Waals surface area contributed by atoms with E-state index in [-0.39, 0.29) is 12.0 Å². The standard InChI is InChI=1S/C12H19N3O4/c1-3-15(12(16)9-5-4-6-18-9)7-11-13-10(8-17-2)14-19-11/h9H,3-8H2,1-2H3/t9-/m0/s1. The van der Waals surface area contributed by atoms with Crippen LogP contribution in [-0.4, -0.2) is 47.3 Å². The minimum absolute atomic E-state index is 0.00788. The maximum atomic E-state index is 12.2. The van der Waals surface area contributed by atoms with E-state index in [4.69, 9.17) is 14.0 Å². The van der Waals surface area contributed by atoms with Gasteiger partial charge in [0.15, 0.2) is 5.82 Å². The molecule has 106 valence electrons. The molecule has 2 heterocycles. The van der Waals surface area contributed by atoms with Crippen LogP contribution in [0.5, 0.6) is 0 Å². The fourth-order valence-electron chi connectivity index (χ4n) is 2.03. The van der Waals surface area contributed by atoms with Crippen molar-refractivity contribution in [2.24, 2.45) is 0 Å².